The van der Waals surface area contributed by atoms with Crippen LogP contribution in [0.25, 0.3) is 0 Å². The molecule has 4 heteroatoms. The van der Waals surface area contributed by atoms with Gasteiger partial charge in [0.05, 0.1) is 6.54 Å². The molecule has 41 valence electrons. The maximum atomic E-state index is 7.99. The molecule has 1 N–H and O–H groups in total. The van der Waals surface area contributed by atoms with Gasteiger partial charge in [-0.25, -0.2) is 5.32 Å². The SMILES string of the molecule is N#C/N=C1/[N]CCN1. The predicted octanol–water partition coefficient (Wildman–Crippen LogP) is -0.969. The lowest BCUT2D eigenvalue weighted by atomic mass is 10.7. The van der Waals surface area contributed by atoms with Gasteiger partial charge >= 0.3 is 0 Å². The summed E-state index contributed by atoms with van der Waals surface area (Å²) < 4.78 is 0. The Morgan fingerprint density at radius 3 is 3.25 bits per heavy atom. The van der Waals surface area contributed by atoms with Gasteiger partial charge < -0.3 is 5.32 Å². The molecule has 1 fully saturated rings. The predicted molar refractivity (Wildman–Crippen MR) is 28.1 cm³/mol. The lowest BCUT2D eigenvalue weighted by Crippen LogP contribution is -2.18. The fraction of sp³-hybridized carbons (Fsp3) is 0.500. The quantitative estimate of drug-likeness (QED) is 0.407. The van der Waals surface area contributed by atoms with Crippen LogP contribution in [-0.4, -0.2) is 19.0 Å². The van der Waals surface area contributed by atoms with Crippen molar-refractivity contribution in [2.75, 3.05) is 13.1 Å². The van der Waals surface area contributed by atoms with Crippen LogP contribution in [0.5, 0.6) is 0 Å². The van der Waals surface area contributed by atoms with Gasteiger partial charge in [-0.3, -0.25) is 0 Å². The van der Waals surface area contributed by atoms with Gasteiger partial charge in [0.2, 0.25) is 12.2 Å². The molecule has 1 aliphatic rings. The van der Waals surface area contributed by atoms with Gasteiger partial charge in [-0.05, 0) is 0 Å². The summed E-state index contributed by atoms with van der Waals surface area (Å²) in [5.41, 5.74) is 0. The van der Waals surface area contributed by atoms with Crippen LogP contribution in [0.4, 0.5) is 0 Å². The fourth-order valence-electron chi connectivity index (χ4n) is 0.508. The first-order valence-corrected chi connectivity index (χ1v) is 2.31. The van der Waals surface area contributed by atoms with Crippen LogP contribution in [0.2, 0.25) is 0 Å². The van der Waals surface area contributed by atoms with E-state index in [1.54, 1.807) is 6.19 Å². The number of aliphatic imine (C=N–C) groups is 1. The van der Waals surface area contributed by atoms with E-state index in [2.05, 4.69) is 15.6 Å². The normalized spacial score (nSPS) is 21.6. The Labute approximate surface area is 47.2 Å². The molecular formula is C4H5N4. The van der Waals surface area contributed by atoms with E-state index in [0.717, 1.165) is 13.1 Å². The van der Waals surface area contributed by atoms with E-state index in [9.17, 15) is 0 Å². The zero-order valence-electron chi connectivity index (χ0n) is 4.26. The number of guanidine groups is 1. The first kappa shape index (κ1) is 4.91. The Balaban J connectivity index is 2.48. The van der Waals surface area contributed by atoms with Gasteiger partial charge in [0.25, 0.3) is 0 Å². The molecule has 0 aromatic carbocycles. The van der Waals surface area contributed by atoms with Crippen molar-refractivity contribution < 1.29 is 0 Å². The minimum Gasteiger partial charge on any atom is -0.352 e. The molecule has 0 aliphatic carbocycles. The average Bonchev–Trinajstić information content (AvgIpc) is 2.19. The number of hydrogen-bond acceptors (Lipinski definition) is 2. The highest BCUT2D eigenvalue weighted by Gasteiger charge is 2.05. The number of nitrogens with one attached hydrogen (secondary N) is 1. The molecule has 1 aliphatic heterocycles. The van der Waals surface area contributed by atoms with Crippen molar-refractivity contribution in [2.24, 2.45) is 4.99 Å². The molecule has 0 bridgehead atoms. The minimum atomic E-state index is 0.465. The smallest absolute Gasteiger partial charge is 0.229 e. The summed E-state index contributed by atoms with van der Waals surface area (Å²) in [5.74, 6) is 0.465. The molecule has 0 aromatic rings. The summed E-state index contributed by atoms with van der Waals surface area (Å²) >= 11 is 0. The van der Waals surface area contributed by atoms with E-state index in [1.807, 2.05) is 0 Å². The summed E-state index contributed by atoms with van der Waals surface area (Å²) in [4.78, 5) is 3.37. The highest BCUT2D eigenvalue weighted by molar-refractivity contribution is 5.81. The largest absolute Gasteiger partial charge is 0.352 e. The number of nitriles is 1. The van der Waals surface area contributed by atoms with Crippen LogP contribution >= 0.6 is 0 Å². The third-order valence-corrected chi connectivity index (χ3v) is 0.812. The van der Waals surface area contributed by atoms with Crippen molar-refractivity contribution in [3.63, 3.8) is 0 Å². The number of hydrogen-bond donors (Lipinski definition) is 1. The standard InChI is InChI=1S/C4H5N4/c5-3-8-4-6-1-2-7-4/h1-2H2,(H,6,8). The molecule has 0 unspecified atom stereocenters. The summed E-state index contributed by atoms with van der Waals surface area (Å²) in [6.45, 7) is 1.54. The summed E-state index contributed by atoms with van der Waals surface area (Å²) in [5, 5.41) is 14.6. The highest BCUT2D eigenvalue weighted by Crippen LogP contribution is 1.77. The van der Waals surface area contributed by atoms with Crippen molar-refractivity contribution in [2.45, 2.75) is 0 Å². The Bertz CT molecular complexity index is 135. The first-order chi connectivity index (χ1) is 3.93. The van der Waals surface area contributed by atoms with Crippen molar-refractivity contribution in [1.82, 2.24) is 10.6 Å². The molecule has 4 nitrogen and oxygen atoms in total. The molecule has 8 heavy (non-hydrogen) atoms. The van der Waals surface area contributed by atoms with E-state index in [1.165, 1.54) is 0 Å². The molecule has 1 saturated heterocycles. The number of rotatable bonds is 0. The second-order valence-electron chi connectivity index (χ2n) is 1.34. The third kappa shape index (κ3) is 0.877. The Kier molecular flexibility index (Phi) is 1.33. The zero-order chi connectivity index (χ0) is 5.82. The van der Waals surface area contributed by atoms with Crippen LogP contribution in [-0.2, 0) is 0 Å². The topological polar surface area (TPSA) is 62.3 Å². The molecular weight excluding hydrogens is 104 g/mol. The van der Waals surface area contributed by atoms with Gasteiger partial charge in [-0.2, -0.15) is 5.26 Å². The second kappa shape index (κ2) is 2.17. The lowest BCUT2D eigenvalue weighted by Gasteiger charge is -1.85. The number of nitrogens with zero attached hydrogens (tertiary/aromatic N) is 3. The minimum absolute atomic E-state index is 0.465. The zero-order valence-corrected chi connectivity index (χ0v) is 4.26. The average molecular weight is 109 g/mol. The summed E-state index contributed by atoms with van der Waals surface area (Å²) in [6, 6.07) is 0. The van der Waals surface area contributed by atoms with Crippen LogP contribution in [0.1, 0.15) is 0 Å². The van der Waals surface area contributed by atoms with E-state index in [0.29, 0.717) is 5.96 Å². The summed E-state index contributed by atoms with van der Waals surface area (Å²) in [6.07, 6.45) is 1.64. The molecule has 0 spiro atoms. The van der Waals surface area contributed by atoms with Crippen LogP contribution < -0.4 is 10.6 Å². The molecule has 0 amide bonds. The molecule has 1 radical (unpaired) electrons. The van der Waals surface area contributed by atoms with Crippen molar-refractivity contribution >= 4 is 5.96 Å². The highest BCUT2D eigenvalue weighted by atomic mass is 15.2. The van der Waals surface area contributed by atoms with Gasteiger partial charge in [0.15, 0.2) is 0 Å². The molecule has 1 heterocycles. The van der Waals surface area contributed by atoms with Gasteiger partial charge in [-0.1, -0.05) is 0 Å². The van der Waals surface area contributed by atoms with E-state index in [4.69, 9.17) is 5.26 Å². The first-order valence-electron chi connectivity index (χ1n) is 2.31. The Morgan fingerprint density at radius 2 is 2.75 bits per heavy atom. The second-order valence-corrected chi connectivity index (χ2v) is 1.34. The maximum absolute atomic E-state index is 7.99. The van der Waals surface area contributed by atoms with Crippen molar-refractivity contribution in [1.29, 1.82) is 5.26 Å². The van der Waals surface area contributed by atoms with Crippen molar-refractivity contribution in [3.8, 4) is 6.19 Å². The van der Waals surface area contributed by atoms with Crippen molar-refractivity contribution in [3.05, 3.63) is 0 Å². The lowest BCUT2D eigenvalue weighted by molar-refractivity contribution is 0.933. The van der Waals surface area contributed by atoms with E-state index < -0.39 is 0 Å². The van der Waals surface area contributed by atoms with Gasteiger partial charge in [0, 0.05) is 6.54 Å². The molecule has 0 saturated carbocycles. The molecule has 0 aromatic heterocycles. The van der Waals surface area contributed by atoms with Gasteiger partial charge in [0.1, 0.15) is 0 Å². The Morgan fingerprint density at radius 1 is 1.88 bits per heavy atom. The molecule has 1 rings (SSSR count). The van der Waals surface area contributed by atoms with Crippen LogP contribution in [0, 0.1) is 11.5 Å². The fourth-order valence-corrected chi connectivity index (χ4v) is 0.508. The Hall–Kier alpha value is -1.24. The van der Waals surface area contributed by atoms with Gasteiger partial charge in [-0.15, -0.1) is 4.99 Å². The third-order valence-electron chi connectivity index (χ3n) is 0.812. The van der Waals surface area contributed by atoms with E-state index >= 15 is 0 Å². The monoisotopic (exact) mass is 109 g/mol. The van der Waals surface area contributed by atoms with Crippen LogP contribution in [0.15, 0.2) is 4.99 Å². The maximum Gasteiger partial charge on any atom is 0.229 e. The molecule has 0 atom stereocenters. The van der Waals surface area contributed by atoms with E-state index in [-0.39, 0.29) is 0 Å². The van der Waals surface area contributed by atoms with Crippen LogP contribution in [0.3, 0.4) is 0 Å². The summed E-state index contributed by atoms with van der Waals surface area (Å²) in [7, 11) is 0.